The first-order chi connectivity index (χ1) is 6.31. The van der Waals surface area contributed by atoms with E-state index in [0.717, 1.165) is 0 Å². The maximum atomic E-state index is 10.4. The Kier molecular flexibility index (Phi) is 7.53. The molecule has 1 atom stereocenters. The van der Waals surface area contributed by atoms with Gasteiger partial charge in [-0.2, -0.15) is 5.26 Å². The van der Waals surface area contributed by atoms with Crippen molar-refractivity contribution in [3.05, 3.63) is 0 Å². The predicted octanol–water partition coefficient (Wildman–Crippen LogP) is -1.97. The molecular weight excluding hydrogens is 223 g/mol. The molecule has 0 fully saturated rings. The number of aliphatic hydroxyl groups is 1. The summed E-state index contributed by atoms with van der Waals surface area (Å²) >= 11 is 0. The van der Waals surface area contributed by atoms with Crippen LogP contribution >= 0.6 is 0 Å². The third kappa shape index (κ3) is 5.70. The van der Waals surface area contributed by atoms with Crippen LogP contribution in [0.1, 0.15) is 12.8 Å². The molecule has 0 aliphatic carbocycles. The molecule has 0 radical (unpaired) electrons. The summed E-state index contributed by atoms with van der Waals surface area (Å²) in [6.07, 6.45) is -2.32. The number of hydrogen-bond donors (Lipinski definition) is 4. The molecule has 1 unspecified atom stereocenters. The average molecular weight is 232 g/mol. The van der Waals surface area contributed by atoms with E-state index in [1.165, 1.54) is 0 Å². The van der Waals surface area contributed by atoms with Crippen LogP contribution in [0.3, 0.4) is 0 Å². The molecule has 0 spiro atoms. The first-order valence-corrected chi connectivity index (χ1v) is 3.33. The molecule has 0 bridgehead atoms. The van der Waals surface area contributed by atoms with E-state index in [1.54, 1.807) is 0 Å². The maximum absolute atomic E-state index is 10.4. The van der Waals surface area contributed by atoms with Gasteiger partial charge in [0.1, 0.15) is 0 Å². The molecule has 9 heteroatoms. The van der Waals surface area contributed by atoms with Gasteiger partial charge in [-0.25, -0.2) is 9.59 Å². The zero-order chi connectivity index (χ0) is 11.4. The van der Waals surface area contributed by atoms with E-state index < -0.39 is 36.4 Å². The number of carboxylic acid groups (broad SMARTS) is 2. The monoisotopic (exact) mass is 232 g/mol. The van der Waals surface area contributed by atoms with Gasteiger partial charge in [-0.05, 0) is 0 Å². The molecule has 0 aromatic carbocycles. The Hall–Kier alpha value is -0.670. The van der Waals surface area contributed by atoms with E-state index in [9.17, 15) is 14.4 Å². The van der Waals surface area contributed by atoms with Crippen LogP contribution in [0.15, 0.2) is 0 Å². The third-order valence-electron chi connectivity index (χ3n) is 1.38. The molecule has 0 aliphatic heterocycles. The van der Waals surface area contributed by atoms with Gasteiger partial charge in [-0.1, -0.05) is 0 Å². The van der Waals surface area contributed by atoms with Gasteiger partial charge in [0.15, 0.2) is 5.60 Å². The Morgan fingerprint density at radius 3 is 1.87 bits per heavy atom. The number of hydrogen-bond acceptors (Lipinski definition) is 6. The number of carbonyl (C=O) groups excluding carboxylic acids is 1. The molecule has 0 aromatic heterocycles. The summed E-state index contributed by atoms with van der Waals surface area (Å²) in [5, 5.41) is 33.6. The molecule has 0 heterocycles. The topological polar surface area (TPSA) is 141 Å². The van der Waals surface area contributed by atoms with Crippen molar-refractivity contribution >= 4 is 47.5 Å². The summed E-state index contributed by atoms with van der Waals surface area (Å²) in [7, 11) is 0. The van der Waals surface area contributed by atoms with Gasteiger partial charge < -0.3 is 20.2 Å². The van der Waals surface area contributed by atoms with Gasteiger partial charge >= 0.3 is 47.5 Å². The van der Waals surface area contributed by atoms with Crippen molar-refractivity contribution in [2.75, 3.05) is 0 Å². The summed E-state index contributed by atoms with van der Waals surface area (Å²) in [6.45, 7) is 0. The van der Waals surface area contributed by atoms with Gasteiger partial charge in [0.05, 0.1) is 12.8 Å². The normalized spacial score (nSPS) is 13.2. The van der Waals surface area contributed by atoms with Crippen molar-refractivity contribution in [1.82, 2.24) is 0 Å². The van der Waals surface area contributed by atoms with Gasteiger partial charge in [-0.3, -0.25) is 4.79 Å². The van der Waals surface area contributed by atoms with Gasteiger partial charge in [-0.15, -0.1) is 0 Å². The van der Waals surface area contributed by atoms with E-state index in [-0.39, 0.29) is 29.6 Å². The van der Waals surface area contributed by atoms with Gasteiger partial charge in [0.2, 0.25) is 0 Å². The minimum atomic E-state index is -2.77. The van der Waals surface area contributed by atoms with Crippen molar-refractivity contribution in [3.8, 4) is 0 Å². The molecule has 0 amide bonds. The molecule has 0 aliphatic rings. The second kappa shape index (κ2) is 6.75. The first-order valence-electron chi connectivity index (χ1n) is 3.33. The Bertz CT molecular complexity index is 264. The quantitative estimate of drug-likeness (QED) is 0.243. The molecule has 0 saturated heterocycles. The zero-order valence-corrected chi connectivity index (χ0v) is 6.84. The summed E-state index contributed by atoms with van der Waals surface area (Å²) in [5.41, 5.74) is -2.77. The minimum absolute atomic E-state index is 0. The van der Waals surface area contributed by atoms with Gasteiger partial charge in [0.25, 0.3) is 0 Å². The Balaban J connectivity index is 0. The van der Waals surface area contributed by atoms with Crippen molar-refractivity contribution in [2.45, 2.75) is 18.4 Å². The van der Waals surface area contributed by atoms with Crippen LogP contribution in [0.2, 0.25) is 0 Å². The van der Waals surface area contributed by atoms with Crippen molar-refractivity contribution in [1.29, 1.82) is 0 Å². The summed E-state index contributed by atoms with van der Waals surface area (Å²) in [6, 6.07) is 0. The standard InChI is InChI=1S/C6H8O8.Na.H/c7-3(8)1-6(12,5(10)11)2-4(9)14-13;;/h12-13H,1-2H2,(H,7,8)(H,10,11);;. The molecule has 0 aromatic rings. The molecule has 0 rings (SSSR count). The van der Waals surface area contributed by atoms with E-state index in [1.807, 2.05) is 0 Å². The second-order valence-corrected chi connectivity index (χ2v) is 2.55. The Morgan fingerprint density at radius 2 is 1.60 bits per heavy atom. The molecule has 15 heavy (non-hydrogen) atoms. The van der Waals surface area contributed by atoms with Gasteiger partial charge in [0, 0.05) is 0 Å². The molecular formula is C6H9NaO8. The van der Waals surface area contributed by atoms with Crippen LogP contribution < -0.4 is 0 Å². The van der Waals surface area contributed by atoms with E-state index in [0.29, 0.717) is 0 Å². The first kappa shape index (κ1) is 16.7. The van der Waals surface area contributed by atoms with Crippen LogP contribution in [0.4, 0.5) is 0 Å². The molecule has 0 saturated carbocycles. The summed E-state index contributed by atoms with van der Waals surface area (Å²) < 4.78 is 0. The van der Waals surface area contributed by atoms with Crippen LogP contribution in [-0.2, 0) is 19.3 Å². The molecule has 82 valence electrons. The summed E-state index contributed by atoms with van der Waals surface area (Å²) in [4.78, 5) is 34.1. The predicted molar refractivity (Wildman–Crippen MR) is 45.3 cm³/mol. The number of carboxylic acids is 2. The van der Waals surface area contributed by atoms with Crippen LogP contribution in [0.25, 0.3) is 0 Å². The van der Waals surface area contributed by atoms with E-state index in [2.05, 4.69) is 4.89 Å². The van der Waals surface area contributed by atoms with E-state index in [4.69, 9.17) is 20.6 Å². The van der Waals surface area contributed by atoms with E-state index >= 15 is 0 Å². The summed E-state index contributed by atoms with van der Waals surface area (Å²) in [5.74, 6) is -4.91. The number of aliphatic carboxylic acids is 2. The van der Waals surface area contributed by atoms with Crippen LogP contribution in [0, 0.1) is 0 Å². The second-order valence-electron chi connectivity index (χ2n) is 2.55. The number of carbonyl (C=O) groups is 3. The van der Waals surface area contributed by atoms with Crippen LogP contribution in [0.5, 0.6) is 0 Å². The third-order valence-corrected chi connectivity index (χ3v) is 1.38. The van der Waals surface area contributed by atoms with Crippen molar-refractivity contribution in [2.24, 2.45) is 0 Å². The fraction of sp³-hybridized carbons (Fsp3) is 0.500. The Morgan fingerprint density at radius 1 is 1.13 bits per heavy atom. The average Bonchev–Trinajstić information content (AvgIpc) is 2.02. The molecule has 8 nitrogen and oxygen atoms in total. The zero-order valence-electron chi connectivity index (χ0n) is 6.84. The Labute approximate surface area is 106 Å². The van der Waals surface area contributed by atoms with Crippen molar-refractivity contribution in [3.63, 3.8) is 0 Å². The van der Waals surface area contributed by atoms with Crippen LogP contribution in [-0.4, -0.2) is 73.6 Å². The fourth-order valence-electron chi connectivity index (χ4n) is 0.735. The SMILES string of the molecule is O=C(O)CC(O)(CC(=O)OO)C(=O)O.[NaH]. The molecule has 4 N–H and O–H groups in total. The van der Waals surface area contributed by atoms with Crippen molar-refractivity contribution < 1.29 is 39.8 Å². The fourth-order valence-corrected chi connectivity index (χ4v) is 0.735. The number of rotatable bonds is 5.